The second-order valence-corrected chi connectivity index (χ2v) is 4.96. The fourth-order valence-corrected chi connectivity index (χ4v) is 2.28. The molecule has 0 aliphatic heterocycles. The number of pyridine rings is 1. The van der Waals surface area contributed by atoms with E-state index in [1.54, 1.807) is 24.3 Å². The highest BCUT2D eigenvalue weighted by Gasteiger charge is 2.10. The second-order valence-electron chi connectivity index (χ2n) is 4.12. The first-order valence-corrected chi connectivity index (χ1v) is 6.69. The average Bonchev–Trinajstić information content (AvgIpc) is 2.41. The van der Waals surface area contributed by atoms with Gasteiger partial charge in [-0.1, -0.05) is 29.3 Å². The van der Waals surface area contributed by atoms with Crippen molar-refractivity contribution in [3.8, 4) is 0 Å². The van der Waals surface area contributed by atoms with Gasteiger partial charge in [0.2, 0.25) is 0 Å². The molecular formula is C14H12Cl2N2O2. The molecule has 20 heavy (non-hydrogen) atoms. The lowest BCUT2D eigenvalue weighted by Crippen LogP contribution is -2.11. The van der Waals surface area contributed by atoms with E-state index < -0.39 is 5.97 Å². The number of hydrogen-bond donors (Lipinski definition) is 2. The summed E-state index contributed by atoms with van der Waals surface area (Å²) in [5.74, 6) is -1.06. The van der Waals surface area contributed by atoms with Gasteiger partial charge >= 0.3 is 5.97 Å². The average molecular weight is 311 g/mol. The molecule has 0 amide bonds. The Hall–Kier alpha value is -1.78. The number of benzene rings is 1. The van der Waals surface area contributed by atoms with Gasteiger partial charge in [0, 0.05) is 22.8 Å². The number of rotatable bonds is 5. The lowest BCUT2D eigenvalue weighted by molar-refractivity contribution is 0.0691. The maximum atomic E-state index is 11.0. The summed E-state index contributed by atoms with van der Waals surface area (Å²) in [6.45, 7) is 0.549. The van der Waals surface area contributed by atoms with Gasteiger partial charge < -0.3 is 10.4 Å². The minimum Gasteiger partial charge on any atom is -0.476 e. The number of nitrogens with one attached hydrogen (secondary N) is 1. The predicted octanol–water partition coefficient (Wildman–Crippen LogP) is 3.74. The minimum atomic E-state index is -1.06. The second kappa shape index (κ2) is 6.59. The van der Waals surface area contributed by atoms with Crippen LogP contribution in [0.4, 0.5) is 5.69 Å². The van der Waals surface area contributed by atoms with Crippen LogP contribution in [0.15, 0.2) is 36.5 Å². The number of aromatic carboxylic acids is 1. The largest absolute Gasteiger partial charge is 0.476 e. The van der Waals surface area contributed by atoms with Crippen LogP contribution in [0.5, 0.6) is 0 Å². The maximum Gasteiger partial charge on any atom is 0.356 e. The van der Waals surface area contributed by atoms with Crippen LogP contribution in [-0.2, 0) is 6.42 Å². The SMILES string of the molecule is O=C(O)c1ncccc1NCCc1ccc(Cl)cc1Cl. The summed E-state index contributed by atoms with van der Waals surface area (Å²) in [5, 5.41) is 13.3. The van der Waals surface area contributed by atoms with Crippen LogP contribution in [0.25, 0.3) is 0 Å². The summed E-state index contributed by atoms with van der Waals surface area (Å²) in [5.41, 5.74) is 1.45. The molecule has 0 radical (unpaired) electrons. The van der Waals surface area contributed by atoms with Crippen LogP contribution in [0.3, 0.4) is 0 Å². The molecule has 2 aromatic rings. The number of nitrogens with zero attached hydrogens (tertiary/aromatic N) is 1. The van der Waals surface area contributed by atoms with Gasteiger partial charge in [0.15, 0.2) is 5.69 Å². The first kappa shape index (κ1) is 14.6. The van der Waals surface area contributed by atoms with E-state index in [9.17, 15) is 4.79 Å². The molecule has 0 bridgehead atoms. The van der Waals surface area contributed by atoms with Gasteiger partial charge in [-0.2, -0.15) is 0 Å². The lowest BCUT2D eigenvalue weighted by Gasteiger charge is -2.09. The van der Waals surface area contributed by atoms with Gasteiger partial charge in [0.05, 0.1) is 5.69 Å². The van der Waals surface area contributed by atoms with Crippen LogP contribution in [-0.4, -0.2) is 22.6 Å². The Balaban J connectivity index is 2.01. The van der Waals surface area contributed by atoms with Crippen molar-refractivity contribution in [1.82, 2.24) is 4.98 Å². The summed E-state index contributed by atoms with van der Waals surface area (Å²) in [4.78, 5) is 14.8. The van der Waals surface area contributed by atoms with E-state index in [4.69, 9.17) is 28.3 Å². The number of halogens is 2. The Bertz CT molecular complexity index is 632. The zero-order valence-electron chi connectivity index (χ0n) is 10.4. The van der Waals surface area contributed by atoms with E-state index >= 15 is 0 Å². The van der Waals surface area contributed by atoms with Crippen LogP contribution < -0.4 is 5.32 Å². The summed E-state index contributed by atoms with van der Waals surface area (Å²) in [6, 6.07) is 8.68. The molecule has 0 saturated heterocycles. The molecule has 104 valence electrons. The minimum absolute atomic E-state index is 0.00898. The normalized spacial score (nSPS) is 10.3. The third-order valence-electron chi connectivity index (χ3n) is 2.74. The number of carboxylic acid groups (broad SMARTS) is 1. The van der Waals surface area contributed by atoms with Crippen LogP contribution in [0, 0.1) is 0 Å². The number of carboxylic acids is 1. The standard InChI is InChI=1S/C14H12Cl2N2O2/c15-10-4-3-9(11(16)8-10)5-7-17-12-2-1-6-18-13(12)14(19)20/h1-4,6,8,17H,5,7H2,(H,19,20). The quantitative estimate of drug-likeness (QED) is 0.883. The highest BCUT2D eigenvalue weighted by atomic mass is 35.5. The predicted molar refractivity (Wildman–Crippen MR) is 79.9 cm³/mol. The fraction of sp³-hybridized carbons (Fsp3) is 0.143. The summed E-state index contributed by atoms with van der Waals surface area (Å²) in [7, 11) is 0. The van der Waals surface area contributed by atoms with E-state index in [0.29, 0.717) is 28.7 Å². The number of aromatic nitrogens is 1. The molecule has 1 aromatic carbocycles. The molecule has 0 fully saturated rings. The monoisotopic (exact) mass is 310 g/mol. The van der Waals surface area contributed by atoms with Gasteiger partial charge in [-0.25, -0.2) is 9.78 Å². The molecule has 6 heteroatoms. The molecule has 2 N–H and O–H groups in total. The number of anilines is 1. The highest BCUT2D eigenvalue weighted by molar-refractivity contribution is 6.35. The zero-order chi connectivity index (χ0) is 14.5. The highest BCUT2D eigenvalue weighted by Crippen LogP contribution is 2.21. The van der Waals surface area contributed by atoms with E-state index in [2.05, 4.69) is 10.3 Å². The Morgan fingerprint density at radius 1 is 1.30 bits per heavy atom. The van der Waals surface area contributed by atoms with Crippen molar-refractivity contribution in [2.24, 2.45) is 0 Å². The van der Waals surface area contributed by atoms with Gasteiger partial charge in [-0.3, -0.25) is 0 Å². The van der Waals surface area contributed by atoms with Crippen molar-refractivity contribution in [2.45, 2.75) is 6.42 Å². The van der Waals surface area contributed by atoms with Crippen molar-refractivity contribution in [3.05, 3.63) is 57.8 Å². The van der Waals surface area contributed by atoms with Crippen molar-refractivity contribution < 1.29 is 9.90 Å². The number of carbonyl (C=O) groups is 1. The van der Waals surface area contributed by atoms with Crippen LogP contribution in [0.1, 0.15) is 16.1 Å². The van der Waals surface area contributed by atoms with E-state index in [1.807, 2.05) is 6.07 Å². The number of hydrogen-bond acceptors (Lipinski definition) is 3. The third kappa shape index (κ3) is 3.62. The molecule has 0 aliphatic rings. The molecule has 0 saturated carbocycles. The Kier molecular flexibility index (Phi) is 4.82. The molecule has 4 nitrogen and oxygen atoms in total. The summed E-state index contributed by atoms with van der Waals surface area (Å²) < 4.78 is 0. The van der Waals surface area contributed by atoms with E-state index in [0.717, 1.165) is 5.56 Å². The molecule has 1 aromatic heterocycles. The third-order valence-corrected chi connectivity index (χ3v) is 3.32. The lowest BCUT2D eigenvalue weighted by atomic mass is 10.1. The summed E-state index contributed by atoms with van der Waals surface area (Å²) in [6.07, 6.45) is 2.11. The van der Waals surface area contributed by atoms with Gasteiger partial charge in [0.25, 0.3) is 0 Å². The summed E-state index contributed by atoms with van der Waals surface area (Å²) >= 11 is 11.9. The Morgan fingerprint density at radius 2 is 2.10 bits per heavy atom. The molecule has 2 rings (SSSR count). The first-order valence-electron chi connectivity index (χ1n) is 5.94. The molecular weight excluding hydrogens is 299 g/mol. The van der Waals surface area contributed by atoms with Gasteiger partial charge in [-0.15, -0.1) is 0 Å². The fourth-order valence-electron chi connectivity index (χ4n) is 1.77. The molecule has 0 atom stereocenters. The maximum absolute atomic E-state index is 11.0. The van der Waals surface area contributed by atoms with E-state index in [1.165, 1.54) is 6.20 Å². The van der Waals surface area contributed by atoms with Crippen LogP contribution in [0.2, 0.25) is 10.0 Å². The van der Waals surface area contributed by atoms with Crippen molar-refractivity contribution >= 4 is 34.9 Å². The van der Waals surface area contributed by atoms with Crippen LogP contribution >= 0.6 is 23.2 Å². The molecule has 0 unspecified atom stereocenters. The molecule has 0 aliphatic carbocycles. The smallest absolute Gasteiger partial charge is 0.356 e. The van der Waals surface area contributed by atoms with Crippen molar-refractivity contribution in [1.29, 1.82) is 0 Å². The van der Waals surface area contributed by atoms with Gasteiger partial charge in [0.1, 0.15) is 0 Å². The first-order chi connectivity index (χ1) is 9.58. The van der Waals surface area contributed by atoms with Gasteiger partial charge in [-0.05, 0) is 36.2 Å². The van der Waals surface area contributed by atoms with E-state index in [-0.39, 0.29) is 5.69 Å². The topological polar surface area (TPSA) is 62.2 Å². The van der Waals surface area contributed by atoms with Crippen molar-refractivity contribution in [3.63, 3.8) is 0 Å². The Morgan fingerprint density at radius 3 is 2.80 bits per heavy atom. The molecule has 1 heterocycles. The zero-order valence-corrected chi connectivity index (χ0v) is 11.9. The molecule has 0 spiro atoms. The Labute approximate surface area is 126 Å². The van der Waals surface area contributed by atoms with Crippen molar-refractivity contribution in [2.75, 3.05) is 11.9 Å².